The zero-order chi connectivity index (χ0) is 12.6. The number of hydrogen-bond acceptors (Lipinski definition) is 3. The molecule has 16 heavy (non-hydrogen) atoms. The van der Waals surface area contributed by atoms with Crippen LogP contribution in [0.4, 0.5) is 0 Å². The third-order valence-electron chi connectivity index (χ3n) is 2.79. The summed E-state index contributed by atoms with van der Waals surface area (Å²) < 4.78 is 0. The van der Waals surface area contributed by atoms with Crippen molar-refractivity contribution in [3.8, 4) is 0 Å². The number of carbonyl (C=O) groups is 1. The van der Waals surface area contributed by atoms with Gasteiger partial charge in [0.2, 0.25) is 0 Å². The van der Waals surface area contributed by atoms with Crippen LogP contribution in [0.1, 0.15) is 40.0 Å². The lowest BCUT2D eigenvalue weighted by molar-refractivity contribution is -0.140. The highest BCUT2D eigenvalue weighted by Gasteiger charge is 2.21. The Bertz CT molecular complexity index is 189. The molecule has 0 aliphatic heterocycles. The molecule has 0 aromatic rings. The standard InChI is InChI=1S/C12H25NO3/c1-4-5-10(6-7-14)8-13-11(9(2)3)12(15)16/h9-11,13-14H,4-8H2,1-3H3,(H,15,16). The monoisotopic (exact) mass is 231 g/mol. The Morgan fingerprint density at radius 2 is 1.94 bits per heavy atom. The SMILES string of the molecule is CCCC(CCO)CNC(C(=O)O)C(C)C. The summed E-state index contributed by atoms with van der Waals surface area (Å²) in [5.41, 5.74) is 0. The fourth-order valence-corrected chi connectivity index (χ4v) is 1.84. The molecule has 0 fully saturated rings. The Balaban J connectivity index is 4.09. The van der Waals surface area contributed by atoms with Gasteiger partial charge in [-0.25, -0.2) is 0 Å². The van der Waals surface area contributed by atoms with Crippen molar-refractivity contribution < 1.29 is 15.0 Å². The van der Waals surface area contributed by atoms with Crippen LogP contribution in [0.5, 0.6) is 0 Å². The van der Waals surface area contributed by atoms with Crippen LogP contribution in [0.25, 0.3) is 0 Å². The van der Waals surface area contributed by atoms with Gasteiger partial charge in [-0.05, 0) is 31.2 Å². The van der Waals surface area contributed by atoms with Gasteiger partial charge < -0.3 is 15.5 Å². The zero-order valence-corrected chi connectivity index (χ0v) is 10.6. The molecule has 0 aromatic carbocycles. The van der Waals surface area contributed by atoms with Crippen molar-refractivity contribution in [2.24, 2.45) is 11.8 Å². The molecule has 2 atom stereocenters. The van der Waals surface area contributed by atoms with E-state index in [9.17, 15) is 4.79 Å². The number of aliphatic carboxylic acids is 1. The van der Waals surface area contributed by atoms with Crippen LogP contribution in [0.15, 0.2) is 0 Å². The summed E-state index contributed by atoms with van der Waals surface area (Å²) in [6, 6.07) is -0.488. The van der Waals surface area contributed by atoms with Crippen LogP contribution in [-0.4, -0.2) is 35.4 Å². The first-order valence-corrected chi connectivity index (χ1v) is 6.09. The van der Waals surface area contributed by atoms with Crippen molar-refractivity contribution >= 4 is 5.97 Å². The molecule has 2 unspecified atom stereocenters. The second-order valence-corrected chi connectivity index (χ2v) is 4.64. The predicted molar refractivity (Wildman–Crippen MR) is 64.4 cm³/mol. The maximum absolute atomic E-state index is 11.0. The highest BCUT2D eigenvalue weighted by molar-refractivity contribution is 5.73. The highest BCUT2D eigenvalue weighted by atomic mass is 16.4. The van der Waals surface area contributed by atoms with E-state index in [4.69, 9.17) is 10.2 Å². The molecule has 0 saturated heterocycles. The lowest BCUT2D eigenvalue weighted by atomic mass is 9.98. The molecule has 0 rings (SSSR count). The molecule has 0 bridgehead atoms. The molecule has 0 spiro atoms. The van der Waals surface area contributed by atoms with Gasteiger partial charge in [-0.15, -0.1) is 0 Å². The van der Waals surface area contributed by atoms with Crippen LogP contribution >= 0.6 is 0 Å². The normalized spacial score (nSPS) is 15.1. The number of carboxylic acid groups (broad SMARTS) is 1. The molecule has 0 aromatic heterocycles. The summed E-state index contributed by atoms with van der Waals surface area (Å²) in [7, 11) is 0. The largest absolute Gasteiger partial charge is 0.480 e. The van der Waals surface area contributed by atoms with Gasteiger partial charge in [0.25, 0.3) is 0 Å². The van der Waals surface area contributed by atoms with Gasteiger partial charge >= 0.3 is 5.97 Å². The van der Waals surface area contributed by atoms with E-state index < -0.39 is 12.0 Å². The number of aliphatic hydroxyl groups excluding tert-OH is 1. The Hall–Kier alpha value is -0.610. The van der Waals surface area contributed by atoms with Gasteiger partial charge in [-0.1, -0.05) is 27.2 Å². The molecule has 0 aliphatic carbocycles. The summed E-state index contributed by atoms with van der Waals surface area (Å²) in [6.45, 7) is 6.73. The Labute approximate surface area is 98.1 Å². The highest BCUT2D eigenvalue weighted by Crippen LogP contribution is 2.11. The van der Waals surface area contributed by atoms with Crippen LogP contribution in [-0.2, 0) is 4.79 Å². The number of nitrogens with one attached hydrogen (secondary N) is 1. The van der Waals surface area contributed by atoms with E-state index >= 15 is 0 Å². The predicted octanol–water partition coefficient (Wildman–Crippen LogP) is 1.48. The minimum Gasteiger partial charge on any atom is -0.480 e. The first-order valence-electron chi connectivity index (χ1n) is 6.09. The van der Waals surface area contributed by atoms with E-state index in [0.717, 1.165) is 19.3 Å². The first-order chi connectivity index (χ1) is 7.52. The lowest BCUT2D eigenvalue weighted by Gasteiger charge is -2.22. The van der Waals surface area contributed by atoms with Crippen LogP contribution in [0, 0.1) is 11.8 Å². The average Bonchev–Trinajstić information content (AvgIpc) is 2.17. The topological polar surface area (TPSA) is 69.6 Å². The van der Waals surface area contributed by atoms with Gasteiger partial charge in [0.05, 0.1) is 0 Å². The third-order valence-corrected chi connectivity index (χ3v) is 2.79. The minimum absolute atomic E-state index is 0.0777. The Morgan fingerprint density at radius 1 is 1.31 bits per heavy atom. The molecular weight excluding hydrogens is 206 g/mol. The van der Waals surface area contributed by atoms with Gasteiger partial charge in [-0.2, -0.15) is 0 Å². The zero-order valence-electron chi connectivity index (χ0n) is 10.6. The molecule has 3 N–H and O–H groups in total. The molecule has 0 aliphatic rings. The fourth-order valence-electron chi connectivity index (χ4n) is 1.84. The second kappa shape index (κ2) is 8.53. The Morgan fingerprint density at radius 3 is 2.31 bits per heavy atom. The summed E-state index contributed by atoms with van der Waals surface area (Å²) in [6.07, 6.45) is 2.83. The van der Waals surface area contributed by atoms with Gasteiger partial charge in [0.1, 0.15) is 6.04 Å². The van der Waals surface area contributed by atoms with E-state index in [1.807, 2.05) is 13.8 Å². The van der Waals surface area contributed by atoms with Crippen molar-refractivity contribution in [1.82, 2.24) is 5.32 Å². The summed E-state index contributed by atoms with van der Waals surface area (Å²) in [5.74, 6) is -0.348. The smallest absolute Gasteiger partial charge is 0.320 e. The summed E-state index contributed by atoms with van der Waals surface area (Å²) >= 11 is 0. The van der Waals surface area contributed by atoms with Gasteiger partial charge in [0, 0.05) is 6.61 Å². The van der Waals surface area contributed by atoms with Crippen LogP contribution in [0.2, 0.25) is 0 Å². The molecule has 0 amide bonds. The van der Waals surface area contributed by atoms with Crippen molar-refractivity contribution in [1.29, 1.82) is 0 Å². The minimum atomic E-state index is -0.797. The average molecular weight is 231 g/mol. The molecule has 0 radical (unpaired) electrons. The second-order valence-electron chi connectivity index (χ2n) is 4.64. The van der Waals surface area contributed by atoms with E-state index in [1.54, 1.807) is 0 Å². The van der Waals surface area contributed by atoms with E-state index in [0.29, 0.717) is 12.5 Å². The molecule has 0 heterocycles. The van der Waals surface area contributed by atoms with Gasteiger partial charge in [0.15, 0.2) is 0 Å². The molecule has 4 heteroatoms. The van der Waals surface area contributed by atoms with E-state index in [2.05, 4.69) is 12.2 Å². The van der Waals surface area contributed by atoms with Gasteiger partial charge in [-0.3, -0.25) is 4.79 Å². The van der Waals surface area contributed by atoms with Crippen molar-refractivity contribution in [3.63, 3.8) is 0 Å². The van der Waals surface area contributed by atoms with Crippen LogP contribution < -0.4 is 5.32 Å². The van der Waals surface area contributed by atoms with E-state index in [1.165, 1.54) is 0 Å². The number of hydrogen-bond donors (Lipinski definition) is 3. The third kappa shape index (κ3) is 6.08. The van der Waals surface area contributed by atoms with E-state index in [-0.39, 0.29) is 12.5 Å². The van der Waals surface area contributed by atoms with Crippen LogP contribution in [0.3, 0.4) is 0 Å². The summed E-state index contributed by atoms with van der Waals surface area (Å²) in [5, 5.41) is 21.0. The first kappa shape index (κ1) is 15.4. The van der Waals surface area contributed by atoms with Crippen molar-refractivity contribution in [2.45, 2.75) is 46.1 Å². The summed E-state index contributed by atoms with van der Waals surface area (Å²) in [4.78, 5) is 11.0. The quantitative estimate of drug-likeness (QED) is 0.562. The van der Waals surface area contributed by atoms with Crippen molar-refractivity contribution in [3.05, 3.63) is 0 Å². The molecule has 4 nitrogen and oxygen atoms in total. The maximum atomic E-state index is 11.0. The van der Waals surface area contributed by atoms with Crippen molar-refractivity contribution in [2.75, 3.05) is 13.2 Å². The fraction of sp³-hybridized carbons (Fsp3) is 0.917. The Kier molecular flexibility index (Phi) is 8.21. The lowest BCUT2D eigenvalue weighted by Crippen LogP contribution is -2.43. The molecular formula is C12H25NO3. The maximum Gasteiger partial charge on any atom is 0.320 e. The number of rotatable bonds is 9. The number of carboxylic acids is 1. The number of aliphatic hydroxyl groups is 1. The molecule has 0 saturated carbocycles. The molecule has 96 valence electrons.